The Bertz CT molecular complexity index is 572. The maximum atomic E-state index is 6.18. The van der Waals surface area contributed by atoms with Gasteiger partial charge in [0, 0.05) is 19.6 Å². The predicted octanol–water partition coefficient (Wildman–Crippen LogP) is 1.94. The summed E-state index contributed by atoms with van der Waals surface area (Å²) in [6.45, 7) is 3.24. The molecule has 6 nitrogen and oxygen atoms in total. The molecule has 0 bridgehead atoms. The van der Waals surface area contributed by atoms with Crippen LogP contribution in [0.4, 0.5) is 0 Å². The van der Waals surface area contributed by atoms with Gasteiger partial charge in [-0.3, -0.25) is 4.68 Å². The number of hydrogen-bond donors (Lipinski definition) is 0. The van der Waals surface area contributed by atoms with Gasteiger partial charge >= 0.3 is 0 Å². The fourth-order valence-corrected chi connectivity index (χ4v) is 2.34. The number of rotatable bonds is 2. The van der Waals surface area contributed by atoms with E-state index >= 15 is 0 Å². The van der Waals surface area contributed by atoms with Crippen molar-refractivity contribution in [3.05, 3.63) is 16.5 Å². The number of aromatic nitrogens is 4. The first kappa shape index (κ1) is 11.7. The van der Waals surface area contributed by atoms with Gasteiger partial charge in [-0.05, 0) is 13.3 Å². The highest BCUT2D eigenvalue weighted by Crippen LogP contribution is 2.30. The van der Waals surface area contributed by atoms with Gasteiger partial charge in [-0.2, -0.15) is 10.1 Å². The first-order valence-electron chi connectivity index (χ1n) is 5.77. The average molecular weight is 269 g/mol. The lowest BCUT2D eigenvalue weighted by Crippen LogP contribution is -2.00. The van der Waals surface area contributed by atoms with Crippen LogP contribution in [0.15, 0.2) is 4.52 Å². The third-order valence-electron chi connectivity index (χ3n) is 3.09. The number of halogens is 1. The Morgan fingerprint density at radius 1 is 1.44 bits per heavy atom. The topological polar surface area (TPSA) is 66.0 Å². The Kier molecular flexibility index (Phi) is 2.83. The molecule has 3 rings (SSSR count). The molecule has 1 fully saturated rings. The van der Waals surface area contributed by atoms with Gasteiger partial charge in [0.15, 0.2) is 5.82 Å². The van der Waals surface area contributed by atoms with Gasteiger partial charge in [0.1, 0.15) is 5.69 Å². The molecule has 1 atom stereocenters. The average Bonchev–Trinajstić information content (AvgIpc) is 3.01. The molecular weight excluding hydrogens is 256 g/mol. The SMILES string of the molecule is Cc1nn(C)c(-c2nc([C@H]3CCOC3)no2)c1Cl. The van der Waals surface area contributed by atoms with Crippen molar-refractivity contribution in [1.29, 1.82) is 0 Å². The molecular formula is C11H13ClN4O2. The van der Waals surface area contributed by atoms with Crippen molar-refractivity contribution in [3.63, 3.8) is 0 Å². The van der Waals surface area contributed by atoms with Crippen molar-refractivity contribution in [2.45, 2.75) is 19.3 Å². The minimum atomic E-state index is 0.218. The second kappa shape index (κ2) is 4.37. The second-order valence-corrected chi connectivity index (χ2v) is 4.77. The van der Waals surface area contributed by atoms with Crippen LogP contribution in [0.25, 0.3) is 11.6 Å². The van der Waals surface area contributed by atoms with Crippen LogP contribution >= 0.6 is 11.6 Å². The van der Waals surface area contributed by atoms with E-state index in [9.17, 15) is 0 Å². The van der Waals surface area contributed by atoms with Crippen molar-refractivity contribution >= 4 is 11.6 Å². The third kappa shape index (κ3) is 1.81. The lowest BCUT2D eigenvalue weighted by atomic mass is 10.1. The Labute approximate surface area is 109 Å². The van der Waals surface area contributed by atoms with Crippen LogP contribution in [-0.2, 0) is 11.8 Å². The van der Waals surface area contributed by atoms with Gasteiger partial charge in [-0.1, -0.05) is 16.8 Å². The molecule has 18 heavy (non-hydrogen) atoms. The number of aryl methyl sites for hydroxylation is 2. The largest absolute Gasteiger partial charge is 0.381 e. The monoisotopic (exact) mass is 268 g/mol. The quantitative estimate of drug-likeness (QED) is 0.833. The summed E-state index contributed by atoms with van der Waals surface area (Å²) in [6, 6.07) is 0. The molecule has 1 aliphatic rings. The van der Waals surface area contributed by atoms with E-state index in [2.05, 4.69) is 15.2 Å². The molecule has 1 saturated heterocycles. The van der Waals surface area contributed by atoms with Gasteiger partial charge in [0.2, 0.25) is 0 Å². The van der Waals surface area contributed by atoms with E-state index in [0.29, 0.717) is 29.0 Å². The van der Waals surface area contributed by atoms with Crippen LogP contribution < -0.4 is 0 Å². The minimum absolute atomic E-state index is 0.218. The first-order chi connectivity index (χ1) is 8.66. The van der Waals surface area contributed by atoms with Gasteiger partial charge in [-0.15, -0.1) is 0 Å². The fraction of sp³-hybridized carbons (Fsp3) is 0.545. The molecule has 0 aliphatic carbocycles. The van der Waals surface area contributed by atoms with Crippen LogP contribution in [-0.4, -0.2) is 33.1 Å². The molecule has 1 aliphatic heterocycles. The molecule has 0 amide bonds. The highest BCUT2D eigenvalue weighted by molar-refractivity contribution is 6.33. The van der Waals surface area contributed by atoms with Crippen LogP contribution in [0, 0.1) is 6.92 Å². The summed E-state index contributed by atoms with van der Waals surface area (Å²) in [4.78, 5) is 4.39. The summed E-state index contributed by atoms with van der Waals surface area (Å²) < 4.78 is 12.2. The molecule has 2 aromatic heterocycles. The van der Waals surface area contributed by atoms with Crippen LogP contribution in [0.3, 0.4) is 0 Å². The Morgan fingerprint density at radius 3 is 2.89 bits per heavy atom. The summed E-state index contributed by atoms with van der Waals surface area (Å²) in [5.74, 6) is 1.30. The zero-order valence-corrected chi connectivity index (χ0v) is 10.9. The first-order valence-corrected chi connectivity index (χ1v) is 6.15. The van der Waals surface area contributed by atoms with E-state index in [-0.39, 0.29) is 5.92 Å². The van der Waals surface area contributed by atoms with E-state index < -0.39 is 0 Å². The van der Waals surface area contributed by atoms with Crippen molar-refractivity contribution in [1.82, 2.24) is 19.9 Å². The molecule has 2 aromatic rings. The van der Waals surface area contributed by atoms with E-state index in [4.69, 9.17) is 20.9 Å². The molecule has 0 radical (unpaired) electrons. The number of ether oxygens (including phenoxy) is 1. The highest BCUT2D eigenvalue weighted by Gasteiger charge is 2.25. The van der Waals surface area contributed by atoms with Crippen molar-refractivity contribution < 1.29 is 9.26 Å². The van der Waals surface area contributed by atoms with Crippen LogP contribution in [0.2, 0.25) is 5.02 Å². The molecule has 0 spiro atoms. The standard InChI is InChI=1S/C11H13ClN4O2/c1-6-8(12)9(16(2)14-6)11-13-10(15-18-11)7-3-4-17-5-7/h7H,3-5H2,1-2H3/t7-/m0/s1. The van der Waals surface area contributed by atoms with E-state index in [1.54, 1.807) is 11.7 Å². The van der Waals surface area contributed by atoms with E-state index in [1.807, 2.05) is 6.92 Å². The van der Waals surface area contributed by atoms with Crippen LogP contribution in [0.1, 0.15) is 23.9 Å². The molecule has 7 heteroatoms. The molecule has 0 N–H and O–H groups in total. The zero-order valence-electron chi connectivity index (χ0n) is 10.2. The zero-order chi connectivity index (χ0) is 12.7. The maximum Gasteiger partial charge on any atom is 0.277 e. The summed E-state index contributed by atoms with van der Waals surface area (Å²) in [6.07, 6.45) is 0.928. The maximum absolute atomic E-state index is 6.18. The lowest BCUT2D eigenvalue weighted by molar-refractivity contribution is 0.192. The van der Waals surface area contributed by atoms with Gasteiger partial charge in [-0.25, -0.2) is 0 Å². The summed E-state index contributed by atoms with van der Waals surface area (Å²) in [5, 5.41) is 8.78. The molecule has 0 unspecified atom stereocenters. The van der Waals surface area contributed by atoms with Gasteiger partial charge in [0.05, 0.1) is 17.3 Å². The number of hydrogen-bond acceptors (Lipinski definition) is 5. The summed E-state index contributed by atoms with van der Waals surface area (Å²) in [7, 11) is 1.80. The van der Waals surface area contributed by atoms with Crippen LogP contribution in [0.5, 0.6) is 0 Å². The predicted molar refractivity (Wildman–Crippen MR) is 64.4 cm³/mol. The van der Waals surface area contributed by atoms with Crippen molar-refractivity contribution in [2.24, 2.45) is 7.05 Å². The normalized spacial score (nSPS) is 19.6. The lowest BCUT2D eigenvalue weighted by Gasteiger charge is -1.98. The Hall–Kier alpha value is -1.40. The minimum Gasteiger partial charge on any atom is -0.381 e. The Morgan fingerprint density at radius 2 is 2.28 bits per heavy atom. The van der Waals surface area contributed by atoms with Crippen molar-refractivity contribution in [2.75, 3.05) is 13.2 Å². The highest BCUT2D eigenvalue weighted by atomic mass is 35.5. The van der Waals surface area contributed by atoms with Gasteiger partial charge in [0.25, 0.3) is 5.89 Å². The summed E-state index contributed by atoms with van der Waals surface area (Å²) in [5.41, 5.74) is 1.41. The molecule has 0 saturated carbocycles. The smallest absolute Gasteiger partial charge is 0.277 e. The van der Waals surface area contributed by atoms with Crippen molar-refractivity contribution in [3.8, 4) is 11.6 Å². The summed E-state index contributed by atoms with van der Waals surface area (Å²) >= 11 is 6.18. The van der Waals surface area contributed by atoms with E-state index in [0.717, 1.165) is 18.7 Å². The fourth-order valence-electron chi connectivity index (χ4n) is 2.10. The van der Waals surface area contributed by atoms with E-state index in [1.165, 1.54) is 0 Å². The van der Waals surface area contributed by atoms with Gasteiger partial charge < -0.3 is 9.26 Å². The second-order valence-electron chi connectivity index (χ2n) is 4.39. The number of nitrogens with zero attached hydrogens (tertiary/aromatic N) is 4. The molecule has 0 aromatic carbocycles. The Balaban J connectivity index is 1.97. The molecule has 96 valence electrons. The third-order valence-corrected chi connectivity index (χ3v) is 3.54. The molecule has 3 heterocycles.